The summed E-state index contributed by atoms with van der Waals surface area (Å²) in [5.74, 6) is 0.683. The number of benzene rings is 15. The van der Waals surface area contributed by atoms with Gasteiger partial charge in [0, 0.05) is 93.2 Å². The van der Waals surface area contributed by atoms with Crippen LogP contribution in [0.2, 0.25) is 0 Å². The van der Waals surface area contributed by atoms with E-state index in [0.29, 0.717) is 5.82 Å². The monoisotopic (exact) mass is 1330 g/mol. The molecular weight excluding hydrogens is 1260 g/mol. The Balaban J connectivity index is 0.702. The van der Waals surface area contributed by atoms with Crippen molar-refractivity contribution in [2.24, 2.45) is 0 Å². The van der Waals surface area contributed by atoms with Gasteiger partial charge in [0.2, 0.25) is 0 Å². The van der Waals surface area contributed by atoms with Crippen molar-refractivity contribution in [3.8, 4) is 89.9 Å². The lowest BCUT2D eigenvalue weighted by molar-refractivity contribution is 0.660. The van der Waals surface area contributed by atoms with Gasteiger partial charge in [-0.2, -0.15) is 0 Å². The molecule has 5 aromatic heterocycles. The van der Waals surface area contributed by atoms with Gasteiger partial charge in [-0.15, -0.1) is 0 Å². The van der Waals surface area contributed by atoms with E-state index in [1.54, 1.807) is 0 Å². The second kappa shape index (κ2) is 21.7. The minimum absolute atomic E-state index is 0.112. The van der Waals surface area contributed by atoms with Crippen molar-refractivity contribution in [3.05, 3.63) is 350 Å². The van der Waals surface area contributed by atoms with Gasteiger partial charge in [0.05, 0.1) is 55.3 Å². The Labute approximate surface area is 600 Å². The Morgan fingerprint density at radius 1 is 0.212 bits per heavy atom. The van der Waals surface area contributed by atoms with E-state index >= 15 is 0 Å². The fourth-order valence-electron chi connectivity index (χ4n) is 18.4. The van der Waals surface area contributed by atoms with Crippen LogP contribution in [0.15, 0.2) is 328 Å². The minimum atomic E-state index is -0.112. The molecule has 0 bridgehead atoms. The minimum Gasteiger partial charge on any atom is -0.309 e. The van der Waals surface area contributed by atoms with Gasteiger partial charge in [0.1, 0.15) is 0 Å². The normalized spacial score (nSPS) is 13.5. The first kappa shape index (κ1) is 58.6. The summed E-state index contributed by atoms with van der Waals surface area (Å²) in [6, 6.07) is 122. The highest BCUT2D eigenvalue weighted by atomic mass is 15.0. The van der Waals surface area contributed by atoms with Crippen molar-refractivity contribution < 1.29 is 0 Å². The zero-order chi connectivity index (χ0) is 68.8. The van der Waals surface area contributed by atoms with E-state index in [0.717, 1.165) is 72.3 Å². The molecule has 6 heteroatoms. The summed E-state index contributed by atoms with van der Waals surface area (Å²) in [6.45, 7) is 9.46. The molecule has 0 radical (unpaired) electrons. The third kappa shape index (κ3) is 8.39. The van der Waals surface area contributed by atoms with Crippen LogP contribution >= 0.6 is 0 Å². The highest BCUT2D eigenvalue weighted by molar-refractivity contribution is 6.15. The number of hydrogen-bond donors (Lipinski definition) is 0. The van der Waals surface area contributed by atoms with E-state index < -0.39 is 0 Å². The number of fused-ring (bicyclic) bond motifs is 19. The van der Waals surface area contributed by atoms with E-state index in [2.05, 4.69) is 367 Å². The zero-order valence-corrected chi connectivity index (χ0v) is 57.9. The molecule has 104 heavy (non-hydrogen) atoms. The number of rotatable bonds is 8. The Morgan fingerprint density at radius 3 is 0.971 bits per heavy atom. The second-order valence-electron chi connectivity index (χ2n) is 29.7. The van der Waals surface area contributed by atoms with E-state index in [-0.39, 0.29) is 10.8 Å². The summed E-state index contributed by atoms with van der Waals surface area (Å²) in [4.78, 5) is 10.8. The summed E-state index contributed by atoms with van der Waals surface area (Å²) >= 11 is 0. The zero-order valence-electron chi connectivity index (χ0n) is 57.9. The predicted molar refractivity (Wildman–Crippen MR) is 434 cm³/mol. The van der Waals surface area contributed by atoms with Gasteiger partial charge in [-0.25, -0.2) is 9.97 Å². The molecule has 0 saturated carbocycles. The first-order valence-electron chi connectivity index (χ1n) is 36.2. The highest BCUT2D eigenvalue weighted by Crippen LogP contribution is 2.52. The van der Waals surface area contributed by atoms with Gasteiger partial charge < -0.3 is 18.3 Å². The quantitative estimate of drug-likeness (QED) is 0.152. The SMILES string of the molecule is CC1(C)c2ccccc2-c2ccc(-n3c4ccccc4c4cc(-c5ccc6c(c5)c5ccccc5n6-c5cc(-c6nc(-c7ccccc7)nc7ccccc67)cc(-n6c7ccccc7c7cc(-c8ccc9c(c8)c8ccccc8n9-c8ccc9c(c8)C(C)(C)c8ccccc8-9)ccc76)c5)ccc43)cc21. The number of para-hydroxylation sites is 5. The first-order chi connectivity index (χ1) is 51.1. The molecule has 0 atom stereocenters. The number of aromatic nitrogens is 6. The van der Waals surface area contributed by atoms with Crippen LogP contribution in [0, 0.1) is 0 Å². The molecule has 0 amide bonds. The summed E-state index contributed by atoms with van der Waals surface area (Å²) < 4.78 is 9.87. The van der Waals surface area contributed by atoms with Crippen molar-refractivity contribution in [3.63, 3.8) is 0 Å². The Bertz CT molecular complexity index is 6750. The maximum Gasteiger partial charge on any atom is 0.160 e. The maximum absolute atomic E-state index is 5.57. The average molecular weight is 1330 g/mol. The Hall–Kier alpha value is -13.2. The second-order valence-corrected chi connectivity index (χ2v) is 29.7. The van der Waals surface area contributed by atoms with E-state index in [9.17, 15) is 0 Å². The fourth-order valence-corrected chi connectivity index (χ4v) is 18.4. The maximum atomic E-state index is 5.57. The summed E-state index contributed by atoms with van der Waals surface area (Å²) in [5.41, 5.74) is 32.6. The molecule has 2 aliphatic rings. The summed E-state index contributed by atoms with van der Waals surface area (Å²) in [6.07, 6.45) is 0. The molecule has 0 N–H and O–H groups in total. The third-order valence-electron chi connectivity index (χ3n) is 23.3. The van der Waals surface area contributed by atoms with Crippen LogP contribution in [0.25, 0.3) is 188 Å². The van der Waals surface area contributed by atoms with E-state index in [4.69, 9.17) is 9.97 Å². The largest absolute Gasteiger partial charge is 0.309 e. The van der Waals surface area contributed by atoms with Crippen LogP contribution in [0.4, 0.5) is 0 Å². The molecule has 2 aliphatic carbocycles. The molecule has 15 aromatic carbocycles. The van der Waals surface area contributed by atoms with Gasteiger partial charge in [-0.1, -0.05) is 234 Å². The van der Waals surface area contributed by atoms with Crippen LogP contribution in [0.5, 0.6) is 0 Å². The molecule has 0 aliphatic heterocycles. The molecule has 6 nitrogen and oxygen atoms in total. The van der Waals surface area contributed by atoms with Crippen molar-refractivity contribution in [2.45, 2.75) is 38.5 Å². The molecule has 0 fully saturated rings. The molecular formula is C98H66N6. The van der Waals surface area contributed by atoms with Crippen LogP contribution < -0.4 is 0 Å². The molecule has 22 rings (SSSR count). The molecule has 20 aromatic rings. The summed E-state index contributed by atoms with van der Waals surface area (Å²) in [7, 11) is 0. The molecule has 0 spiro atoms. The van der Waals surface area contributed by atoms with Gasteiger partial charge in [-0.05, 0) is 188 Å². The van der Waals surface area contributed by atoms with E-state index in [1.165, 1.54) is 132 Å². The van der Waals surface area contributed by atoms with Crippen LogP contribution in [0.3, 0.4) is 0 Å². The topological polar surface area (TPSA) is 45.5 Å². The Morgan fingerprint density at radius 2 is 0.548 bits per heavy atom. The molecule has 488 valence electrons. The van der Waals surface area contributed by atoms with Gasteiger partial charge in [0.15, 0.2) is 5.82 Å². The van der Waals surface area contributed by atoms with E-state index in [1.807, 2.05) is 6.07 Å². The fraction of sp³-hybridized carbons (Fsp3) is 0.0612. The van der Waals surface area contributed by atoms with Crippen LogP contribution in [0.1, 0.15) is 49.9 Å². The standard InChI is InChI=1S/C98H66N6/c1-97(2)82-31-15-8-24-69(82)71-44-42-65(57-84(71)97)101-87-34-18-11-26-73(87)78-52-60(38-46-91(78)101)62-40-48-93-80(54-62)75-28-13-20-36-89(75)103(93)67-50-64(95-77-30-10-17-33-86(77)99-96(100-95)59-22-6-5-7-23-59)51-68(56-67)104-90-37-21-14-29-76(90)81-55-63(41-49-94(81)104)61-39-47-92-79(53-61)74-27-12-19-35-88(74)102(92)66-43-45-72-70-25-9-16-32-83(70)98(3,4)85(72)58-66/h5-58H,1-4H3. The number of nitrogens with zero attached hydrogens (tertiary/aromatic N) is 6. The highest BCUT2D eigenvalue weighted by Gasteiger charge is 2.37. The molecule has 5 heterocycles. The van der Waals surface area contributed by atoms with Crippen LogP contribution in [-0.2, 0) is 10.8 Å². The average Bonchev–Trinajstić information content (AvgIpc) is 1.57. The summed E-state index contributed by atoms with van der Waals surface area (Å²) in [5, 5.41) is 10.6. The van der Waals surface area contributed by atoms with Crippen LogP contribution in [-0.4, -0.2) is 28.2 Å². The number of hydrogen-bond acceptors (Lipinski definition) is 2. The van der Waals surface area contributed by atoms with Gasteiger partial charge in [0.25, 0.3) is 0 Å². The Kier molecular flexibility index (Phi) is 12.2. The molecule has 0 saturated heterocycles. The lowest BCUT2D eigenvalue weighted by atomic mass is 9.82. The third-order valence-corrected chi connectivity index (χ3v) is 23.3. The van der Waals surface area contributed by atoms with Crippen molar-refractivity contribution in [2.75, 3.05) is 0 Å². The van der Waals surface area contributed by atoms with Gasteiger partial charge >= 0.3 is 0 Å². The smallest absolute Gasteiger partial charge is 0.160 e. The van der Waals surface area contributed by atoms with Crippen molar-refractivity contribution in [1.29, 1.82) is 0 Å². The predicted octanol–water partition coefficient (Wildman–Crippen LogP) is 25.3. The van der Waals surface area contributed by atoms with Gasteiger partial charge in [-0.3, -0.25) is 0 Å². The van der Waals surface area contributed by atoms with Crippen molar-refractivity contribution in [1.82, 2.24) is 28.2 Å². The first-order valence-corrected chi connectivity index (χ1v) is 36.2. The van der Waals surface area contributed by atoms with Crippen molar-refractivity contribution >= 4 is 98.1 Å². The lowest BCUT2D eigenvalue weighted by Crippen LogP contribution is -2.15. The molecule has 0 unspecified atom stereocenters. The lowest BCUT2D eigenvalue weighted by Gasteiger charge is -2.22.